The molecule has 0 unspecified atom stereocenters. The summed E-state index contributed by atoms with van der Waals surface area (Å²) < 4.78 is 13.6. The molecule has 0 N–H and O–H groups in total. The Morgan fingerprint density at radius 1 is 0.750 bits per heavy atom. The van der Waals surface area contributed by atoms with E-state index >= 15 is 0 Å². The fourth-order valence-electron chi connectivity index (χ4n) is 2.68. The van der Waals surface area contributed by atoms with E-state index in [1.54, 1.807) is 0 Å². The van der Waals surface area contributed by atoms with E-state index in [0.29, 0.717) is 0 Å². The smallest absolute Gasteiger partial charge is 0.399 e. The van der Waals surface area contributed by atoms with E-state index in [2.05, 4.69) is 67.9 Å². The Hall–Kier alpha value is -1.36. The molecule has 0 saturated carbocycles. The molecule has 0 aliphatic carbocycles. The van der Waals surface area contributed by atoms with Crippen molar-refractivity contribution in [3.63, 3.8) is 0 Å². The molecular weight excluding hydrogens is 363 g/mol. The first-order chi connectivity index (χ1) is 11.3. The minimum absolute atomic E-state index is 0.373. The van der Waals surface area contributed by atoms with Gasteiger partial charge in [0.05, 0.1) is 11.2 Å². The van der Waals surface area contributed by atoms with Crippen molar-refractivity contribution in [1.29, 1.82) is 0 Å². The normalized spacial score (nSPS) is 20.0. The third-order valence-corrected chi connectivity index (χ3v) is 5.72. The molecule has 1 saturated heterocycles. The molecule has 1 heterocycles. The molecule has 1 aliphatic heterocycles. The minimum Gasteiger partial charge on any atom is -0.399 e. The molecule has 0 aromatic heterocycles. The fraction of sp³-hybridized carbons (Fsp3) is 0.300. The summed E-state index contributed by atoms with van der Waals surface area (Å²) >= 11 is 3.79. The van der Waals surface area contributed by atoms with Crippen molar-refractivity contribution in [2.45, 2.75) is 38.9 Å². The Balaban J connectivity index is 2.12. The van der Waals surface area contributed by atoms with Gasteiger partial charge >= 0.3 is 7.12 Å². The van der Waals surface area contributed by atoms with E-state index < -0.39 is 7.12 Å². The van der Waals surface area contributed by atoms with Crippen LogP contribution in [0.5, 0.6) is 0 Å². The first kappa shape index (κ1) is 17.5. The summed E-state index contributed by atoms with van der Waals surface area (Å²) in [5, 5.41) is 0. The van der Waals surface area contributed by atoms with Crippen LogP contribution in [-0.4, -0.2) is 18.3 Å². The summed E-state index contributed by atoms with van der Waals surface area (Å²) in [4.78, 5) is 0. The molecule has 0 amide bonds. The topological polar surface area (TPSA) is 18.5 Å². The summed E-state index contributed by atoms with van der Waals surface area (Å²) in [6, 6.07) is 20.5. The average molecular weight is 385 g/mol. The van der Waals surface area contributed by atoms with Crippen molar-refractivity contribution in [3.05, 3.63) is 71.8 Å². The highest BCUT2D eigenvalue weighted by Gasteiger charge is 2.53. The molecule has 0 spiro atoms. The highest BCUT2D eigenvalue weighted by molar-refractivity contribution is 9.15. The maximum Gasteiger partial charge on any atom is 0.496 e. The molecule has 2 aromatic carbocycles. The van der Waals surface area contributed by atoms with Crippen LogP contribution in [0, 0.1) is 0 Å². The van der Waals surface area contributed by atoms with Crippen LogP contribution in [0.3, 0.4) is 0 Å². The third-order valence-electron chi connectivity index (χ3n) is 4.84. The van der Waals surface area contributed by atoms with Gasteiger partial charge < -0.3 is 9.31 Å². The van der Waals surface area contributed by atoms with E-state index in [0.717, 1.165) is 21.1 Å². The second kappa shape index (κ2) is 6.51. The lowest BCUT2D eigenvalue weighted by molar-refractivity contribution is 0.00578. The molecule has 0 radical (unpaired) electrons. The van der Waals surface area contributed by atoms with Gasteiger partial charge in [0, 0.05) is 9.95 Å². The first-order valence-electron chi connectivity index (χ1n) is 8.18. The lowest BCUT2D eigenvalue weighted by atomic mass is 9.73. The van der Waals surface area contributed by atoms with Gasteiger partial charge in [-0.15, -0.1) is 0 Å². The molecule has 1 fully saturated rings. The van der Waals surface area contributed by atoms with E-state index in [1.165, 1.54) is 0 Å². The fourth-order valence-corrected chi connectivity index (χ4v) is 3.37. The molecular formula is C20H22BBrO2. The summed E-state index contributed by atoms with van der Waals surface area (Å²) in [7, 11) is -0.424. The molecule has 3 rings (SSSR count). The van der Waals surface area contributed by atoms with Crippen molar-refractivity contribution in [2.24, 2.45) is 0 Å². The average Bonchev–Trinajstić information content (AvgIpc) is 2.77. The number of hydrogen-bond donors (Lipinski definition) is 0. The number of halogens is 1. The summed E-state index contributed by atoms with van der Waals surface area (Å²) in [6.45, 7) is 8.30. The largest absolute Gasteiger partial charge is 0.496 e. The summed E-state index contributed by atoms with van der Waals surface area (Å²) in [5.41, 5.74) is 2.46. The number of hydrogen-bond acceptors (Lipinski definition) is 2. The zero-order valence-corrected chi connectivity index (χ0v) is 16.1. The predicted octanol–water partition coefficient (Wildman–Crippen LogP) is 5.58. The van der Waals surface area contributed by atoms with E-state index in [9.17, 15) is 0 Å². The van der Waals surface area contributed by atoms with Crippen LogP contribution >= 0.6 is 15.9 Å². The van der Waals surface area contributed by atoms with Crippen LogP contribution in [0.1, 0.15) is 38.8 Å². The van der Waals surface area contributed by atoms with Gasteiger partial charge in [-0.3, -0.25) is 0 Å². The van der Waals surface area contributed by atoms with Gasteiger partial charge in [-0.25, -0.2) is 0 Å². The van der Waals surface area contributed by atoms with E-state index in [1.807, 2.05) is 36.4 Å². The minimum atomic E-state index is -0.424. The van der Waals surface area contributed by atoms with Crippen LogP contribution in [0.25, 0.3) is 9.95 Å². The number of benzene rings is 2. The Kier molecular flexibility index (Phi) is 4.74. The Labute approximate surface area is 153 Å². The van der Waals surface area contributed by atoms with Gasteiger partial charge in [0.15, 0.2) is 0 Å². The van der Waals surface area contributed by atoms with E-state index in [-0.39, 0.29) is 11.2 Å². The van der Waals surface area contributed by atoms with Gasteiger partial charge in [-0.2, -0.15) is 0 Å². The maximum absolute atomic E-state index is 6.31. The molecule has 1 aliphatic rings. The highest BCUT2D eigenvalue weighted by atomic mass is 79.9. The van der Waals surface area contributed by atoms with Crippen LogP contribution in [0.15, 0.2) is 60.7 Å². The quantitative estimate of drug-likeness (QED) is 0.507. The Morgan fingerprint density at radius 3 is 1.62 bits per heavy atom. The van der Waals surface area contributed by atoms with Gasteiger partial charge in [0.1, 0.15) is 0 Å². The third kappa shape index (κ3) is 3.23. The summed E-state index contributed by atoms with van der Waals surface area (Å²) in [6.07, 6.45) is 0. The van der Waals surface area contributed by atoms with Gasteiger partial charge in [0.25, 0.3) is 0 Å². The standard InChI is InChI=1S/C20H22BBrO2/c1-19(2)20(3,4)24-21(23-19)17(15-11-7-5-8-12-15)18(22)16-13-9-6-10-14-16/h5-14H,1-4H3/b18-17-. The van der Waals surface area contributed by atoms with Gasteiger partial charge in [0.2, 0.25) is 0 Å². The van der Waals surface area contributed by atoms with Crippen LogP contribution in [0.4, 0.5) is 0 Å². The monoisotopic (exact) mass is 384 g/mol. The summed E-state index contributed by atoms with van der Waals surface area (Å²) in [5.74, 6) is 0. The first-order valence-corrected chi connectivity index (χ1v) is 8.97. The second-order valence-corrected chi connectivity index (χ2v) is 7.84. The Morgan fingerprint density at radius 2 is 1.17 bits per heavy atom. The molecule has 4 heteroatoms. The van der Waals surface area contributed by atoms with Crippen molar-refractivity contribution in [1.82, 2.24) is 0 Å². The van der Waals surface area contributed by atoms with E-state index in [4.69, 9.17) is 9.31 Å². The molecule has 0 bridgehead atoms. The zero-order valence-electron chi connectivity index (χ0n) is 14.5. The molecule has 24 heavy (non-hydrogen) atoms. The molecule has 0 atom stereocenters. The molecule has 2 aromatic rings. The SMILES string of the molecule is CC1(C)OB(/C(=C(\Br)c2ccccc2)c2ccccc2)OC1(C)C. The predicted molar refractivity (Wildman–Crippen MR) is 105 cm³/mol. The van der Waals surface area contributed by atoms with Gasteiger partial charge in [-0.05, 0) is 38.8 Å². The van der Waals surface area contributed by atoms with Gasteiger partial charge in [-0.1, -0.05) is 76.6 Å². The Bertz CT molecular complexity index is 723. The number of rotatable bonds is 3. The van der Waals surface area contributed by atoms with Crippen LogP contribution in [0.2, 0.25) is 0 Å². The zero-order chi connectivity index (χ0) is 17.4. The van der Waals surface area contributed by atoms with Crippen LogP contribution in [-0.2, 0) is 9.31 Å². The lowest BCUT2D eigenvalue weighted by Crippen LogP contribution is -2.41. The lowest BCUT2D eigenvalue weighted by Gasteiger charge is -2.32. The van der Waals surface area contributed by atoms with Crippen molar-refractivity contribution in [3.8, 4) is 0 Å². The second-order valence-electron chi connectivity index (χ2n) is 7.05. The van der Waals surface area contributed by atoms with Crippen molar-refractivity contribution < 1.29 is 9.31 Å². The maximum atomic E-state index is 6.31. The van der Waals surface area contributed by atoms with Crippen molar-refractivity contribution >= 4 is 33.0 Å². The van der Waals surface area contributed by atoms with Crippen LogP contribution < -0.4 is 0 Å². The molecule has 124 valence electrons. The molecule has 2 nitrogen and oxygen atoms in total. The highest BCUT2D eigenvalue weighted by Crippen LogP contribution is 2.43. The van der Waals surface area contributed by atoms with Crippen molar-refractivity contribution in [2.75, 3.05) is 0 Å².